The molecule has 0 aliphatic carbocycles. The Morgan fingerprint density at radius 1 is 1.33 bits per heavy atom. The monoisotopic (exact) mass is 314 g/mol. The van der Waals surface area contributed by atoms with Gasteiger partial charge in [0.25, 0.3) is 0 Å². The van der Waals surface area contributed by atoms with Crippen LogP contribution in [0.25, 0.3) is 5.69 Å². The molecule has 1 atom stereocenters. The molecule has 2 aromatic rings. The third kappa shape index (κ3) is 2.38. The molecule has 0 fully saturated rings. The standard InChI is InChI=1S/C11H11IN2O/c1-8(15)9-2-4-11(5-3-9)14-7-10(12)6-13-14/h2-8,15H,1H3/t8-/m1/s1. The van der Waals surface area contributed by atoms with Crippen LogP contribution in [0.5, 0.6) is 0 Å². The molecule has 0 amide bonds. The van der Waals surface area contributed by atoms with Gasteiger partial charge in [-0.15, -0.1) is 0 Å². The minimum absolute atomic E-state index is 0.420. The molecule has 1 aromatic carbocycles. The minimum atomic E-state index is -0.420. The second kappa shape index (κ2) is 4.32. The second-order valence-electron chi connectivity index (χ2n) is 3.37. The van der Waals surface area contributed by atoms with Gasteiger partial charge in [-0.1, -0.05) is 12.1 Å². The lowest BCUT2D eigenvalue weighted by Gasteiger charge is -2.06. The fourth-order valence-electron chi connectivity index (χ4n) is 1.35. The molecule has 0 saturated heterocycles. The fourth-order valence-corrected chi connectivity index (χ4v) is 1.74. The van der Waals surface area contributed by atoms with Crippen molar-refractivity contribution in [2.24, 2.45) is 0 Å². The SMILES string of the molecule is C[C@@H](O)c1ccc(-n2cc(I)cn2)cc1. The molecule has 4 heteroatoms. The first kappa shape index (κ1) is 10.6. The number of rotatable bonds is 2. The Kier molecular flexibility index (Phi) is 3.06. The number of benzene rings is 1. The Balaban J connectivity index is 2.31. The highest BCUT2D eigenvalue weighted by Crippen LogP contribution is 2.15. The zero-order chi connectivity index (χ0) is 10.8. The summed E-state index contributed by atoms with van der Waals surface area (Å²) in [6.45, 7) is 1.76. The summed E-state index contributed by atoms with van der Waals surface area (Å²) < 4.78 is 2.92. The van der Waals surface area contributed by atoms with Gasteiger partial charge in [-0.25, -0.2) is 4.68 Å². The van der Waals surface area contributed by atoms with Crippen molar-refractivity contribution >= 4 is 22.6 Å². The Morgan fingerprint density at radius 3 is 2.47 bits per heavy atom. The van der Waals surface area contributed by atoms with E-state index in [0.29, 0.717) is 0 Å². The summed E-state index contributed by atoms with van der Waals surface area (Å²) in [6.07, 6.45) is 3.35. The third-order valence-electron chi connectivity index (χ3n) is 2.19. The number of halogens is 1. The van der Waals surface area contributed by atoms with Gasteiger partial charge in [-0.2, -0.15) is 5.10 Å². The smallest absolute Gasteiger partial charge is 0.0761 e. The fraction of sp³-hybridized carbons (Fsp3) is 0.182. The molecule has 3 nitrogen and oxygen atoms in total. The van der Waals surface area contributed by atoms with Crippen molar-refractivity contribution in [2.45, 2.75) is 13.0 Å². The summed E-state index contributed by atoms with van der Waals surface area (Å²) in [4.78, 5) is 0. The predicted molar refractivity (Wildman–Crippen MR) is 66.9 cm³/mol. The van der Waals surface area contributed by atoms with E-state index in [-0.39, 0.29) is 0 Å². The maximum absolute atomic E-state index is 9.37. The van der Waals surface area contributed by atoms with E-state index < -0.39 is 6.10 Å². The van der Waals surface area contributed by atoms with Gasteiger partial charge < -0.3 is 5.11 Å². The molecule has 0 aliphatic rings. The lowest BCUT2D eigenvalue weighted by molar-refractivity contribution is 0.199. The summed E-state index contributed by atoms with van der Waals surface area (Å²) in [5, 5.41) is 13.6. The lowest BCUT2D eigenvalue weighted by atomic mass is 10.1. The molecule has 0 saturated carbocycles. The highest BCUT2D eigenvalue weighted by atomic mass is 127. The van der Waals surface area contributed by atoms with Gasteiger partial charge in [0.15, 0.2) is 0 Å². The van der Waals surface area contributed by atoms with Gasteiger partial charge in [-0.3, -0.25) is 0 Å². The molecule has 1 aromatic heterocycles. The van der Waals surface area contributed by atoms with Gasteiger partial charge in [-0.05, 0) is 47.2 Å². The maximum atomic E-state index is 9.37. The van der Waals surface area contributed by atoms with E-state index in [2.05, 4.69) is 27.7 Å². The highest BCUT2D eigenvalue weighted by Gasteiger charge is 2.02. The third-order valence-corrected chi connectivity index (χ3v) is 2.75. The summed E-state index contributed by atoms with van der Waals surface area (Å²) in [5.74, 6) is 0. The van der Waals surface area contributed by atoms with Gasteiger partial charge in [0.05, 0.1) is 21.6 Å². The van der Waals surface area contributed by atoms with Crippen molar-refractivity contribution in [3.05, 3.63) is 45.8 Å². The van der Waals surface area contributed by atoms with Crippen molar-refractivity contribution in [2.75, 3.05) is 0 Å². The van der Waals surface area contributed by atoms with Crippen molar-refractivity contribution in [3.8, 4) is 5.69 Å². The molecular formula is C11H11IN2O. The Labute approximate surface area is 102 Å². The van der Waals surface area contributed by atoms with Crippen LogP contribution < -0.4 is 0 Å². The Hall–Kier alpha value is -0.880. The van der Waals surface area contributed by atoms with Crippen molar-refractivity contribution < 1.29 is 5.11 Å². The first-order valence-corrected chi connectivity index (χ1v) is 5.73. The first-order valence-electron chi connectivity index (χ1n) is 4.65. The maximum Gasteiger partial charge on any atom is 0.0761 e. The quantitative estimate of drug-likeness (QED) is 0.865. The summed E-state index contributed by atoms with van der Waals surface area (Å²) in [7, 11) is 0. The van der Waals surface area contributed by atoms with Crippen LogP contribution in [0.4, 0.5) is 0 Å². The molecule has 0 spiro atoms. The van der Waals surface area contributed by atoms with Crippen LogP contribution in [-0.2, 0) is 0 Å². The number of aliphatic hydroxyl groups is 1. The number of hydrogen-bond donors (Lipinski definition) is 1. The van der Waals surface area contributed by atoms with Crippen LogP contribution in [0.1, 0.15) is 18.6 Å². The van der Waals surface area contributed by atoms with Crippen LogP contribution in [0.15, 0.2) is 36.7 Å². The van der Waals surface area contributed by atoms with Crippen molar-refractivity contribution in [1.82, 2.24) is 9.78 Å². The number of nitrogens with zero attached hydrogens (tertiary/aromatic N) is 2. The van der Waals surface area contributed by atoms with Crippen LogP contribution >= 0.6 is 22.6 Å². The number of hydrogen-bond acceptors (Lipinski definition) is 2. The van der Waals surface area contributed by atoms with Crippen molar-refractivity contribution in [1.29, 1.82) is 0 Å². The van der Waals surface area contributed by atoms with E-state index in [1.165, 1.54) is 0 Å². The largest absolute Gasteiger partial charge is 0.389 e. The van der Waals surface area contributed by atoms with Gasteiger partial charge >= 0.3 is 0 Å². The summed E-state index contributed by atoms with van der Waals surface area (Å²) >= 11 is 2.22. The van der Waals surface area contributed by atoms with Crippen LogP contribution in [-0.4, -0.2) is 14.9 Å². The van der Waals surface area contributed by atoms with E-state index in [1.54, 1.807) is 6.92 Å². The van der Waals surface area contributed by atoms with E-state index in [4.69, 9.17) is 0 Å². The topological polar surface area (TPSA) is 38.0 Å². The average molecular weight is 314 g/mol. The zero-order valence-electron chi connectivity index (χ0n) is 8.26. The Morgan fingerprint density at radius 2 is 2.00 bits per heavy atom. The van der Waals surface area contributed by atoms with Gasteiger partial charge in [0.2, 0.25) is 0 Å². The van der Waals surface area contributed by atoms with Crippen LogP contribution in [0, 0.1) is 3.57 Å². The number of aromatic nitrogens is 2. The number of aliphatic hydroxyl groups excluding tert-OH is 1. The van der Waals surface area contributed by atoms with Crippen molar-refractivity contribution in [3.63, 3.8) is 0 Å². The van der Waals surface area contributed by atoms with E-state index in [1.807, 2.05) is 41.3 Å². The molecule has 0 radical (unpaired) electrons. The van der Waals surface area contributed by atoms with Crippen LogP contribution in [0.2, 0.25) is 0 Å². The average Bonchev–Trinajstić information content (AvgIpc) is 2.65. The van der Waals surface area contributed by atoms with Gasteiger partial charge in [0, 0.05) is 6.20 Å². The normalized spacial score (nSPS) is 12.7. The molecule has 15 heavy (non-hydrogen) atoms. The summed E-state index contributed by atoms with van der Waals surface area (Å²) in [6, 6.07) is 7.72. The second-order valence-corrected chi connectivity index (χ2v) is 4.62. The molecule has 0 aliphatic heterocycles. The van der Waals surface area contributed by atoms with E-state index in [9.17, 15) is 5.11 Å². The molecule has 2 rings (SSSR count). The highest BCUT2D eigenvalue weighted by molar-refractivity contribution is 14.1. The summed E-state index contributed by atoms with van der Waals surface area (Å²) in [5.41, 5.74) is 1.92. The van der Waals surface area contributed by atoms with Crippen LogP contribution in [0.3, 0.4) is 0 Å². The predicted octanol–water partition coefficient (Wildman–Crippen LogP) is 2.53. The molecule has 1 heterocycles. The van der Waals surface area contributed by atoms with E-state index in [0.717, 1.165) is 14.8 Å². The molecule has 0 unspecified atom stereocenters. The molecular weight excluding hydrogens is 303 g/mol. The van der Waals surface area contributed by atoms with Gasteiger partial charge in [0.1, 0.15) is 0 Å². The molecule has 78 valence electrons. The molecule has 0 bridgehead atoms. The Bertz CT molecular complexity index is 448. The zero-order valence-corrected chi connectivity index (χ0v) is 10.4. The molecule has 1 N–H and O–H groups in total. The first-order chi connectivity index (χ1) is 7.16. The van der Waals surface area contributed by atoms with E-state index >= 15 is 0 Å². The lowest BCUT2D eigenvalue weighted by Crippen LogP contribution is -1.96. The minimum Gasteiger partial charge on any atom is -0.389 e.